The van der Waals surface area contributed by atoms with Crippen LogP contribution in [0.2, 0.25) is 0 Å². The Bertz CT molecular complexity index is 2540. The summed E-state index contributed by atoms with van der Waals surface area (Å²) in [5, 5.41) is 2.45. The van der Waals surface area contributed by atoms with Crippen molar-refractivity contribution in [2.45, 2.75) is 5.41 Å². The quantitative estimate of drug-likeness (QED) is 0.193. The Morgan fingerprint density at radius 1 is 0.347 bits per heavy atom. The first-order chi connectivity index (χ1) is 24.3. The molecule has 0 fully saturated rings. The van der Waals surface area contributed by atoms with E-state index in [2.05, 4.69) is 193 Å². The fourth-order valence-corrected chi connectivity index (χ4v) is 8.18. The van der Waals surface area contributed by atoms with Crippen molar-refractivity contribution in [3.63, 3.8) is 0 Å². The third-order valence-electron chi connectivity index (χ3n) is 10.3. The van der Waals surface area contributed by atoms with Gasteiger partial charge in [-0.15, -0.1) is 0 Å². The summed E-state index contributed by atoms with van der Waals surface area (Å²) in [6.45, 7) is 0. The Balaban J connectivity index is 1.24. The van der Waals surface area contributed by atoms with Crippen molar-refractivity contribution in [2.75, 3.05) is 4.90 Å². The van der Waals surface area contributed by atoms with Crippen LogP contribution in [0.1, 0.15) is 22.3 Å². The monoisotopic (exact) mass is 625 g/mol. The van der Waals surface area contributed by atoms with E-state index in [0.717, 1.165) is 28.6 Å². The molecule has 1 atom stereocenters. The molecule has 0 amide bonds. The van der Waals surface area contributed by atoms with Crippen LogP contribution in [0.4, 0.5) is 17.1 Å². The summed E-state index contributed by atoms with van der Waals surface area (Å²) < 4.78 is 6.69. The van der Waals surface area contributed by atoms with Crippen molar-refractivity contribution in [2.24, 2.45) is 0 Å². The molecular weight excluding hydrogens is 595 g/mol. The van der Waals surface area contributed by atoms with Crippen molar-refractivity contribution in [1.82, 2.24) is 0 Å². The molecule has 1 unspecified atom stereocenters. The van der Waals surface area contributed by atoms with Crippen LogP contribution >= 0.6 is 0 Å². The molecule has 0 bridgehead atoms. The summed E-state index contributed by atoms with van der Waals surface area (Å²) in [4.78, 5) is 2.37. The van der Waals surface area contributed by atoms with E-state index in [1.54, 1.807) is 0 Å². The predicted octanol–water partition coefficient (Wildman–Crippen LogP) is 12.4. The lowest BCUT2D eigenvalue weighted by Crippen LogP contribution is -2.32. The second-order valence-corrected chi connectivity index (χ2v) is 12.9. The highest BCUT2D eigenvalue weighted by molar-refractivity contribution is 5.94. The second-order valence-electron chi connectivity index (χ2n) is 12.9. The van der Waals surface area contributed by atoms with Crippen molar-refractivity contribution < 1.29 is 4.74 Å². The number of hydrogen-bond acceptors (Lipinski definition) is 2. The molecule has 230 valence electrons. The normalized spacial score (nSPS) is 15.2. The first kappa shape index (κ1) is 27.7. The molecule has 0 radical (unpaired) electrons. The summed E-state index contributed by atoms with van der Waals surface area (Å²) in [6, 6.07) is 67.9. The van der Waals surface area contributed by atoms with Crippen molar-refractivity contribution in [3.05, 3.63) is 210 Å². The predicted molar refractivity (Wildman–Crippen MR) is 201 cm³/mol. The van der Waals surface area contributed by atoms with Gasteiger partial charge in [-0.05, 0) is 98.8 Å². The van der Waals surface area contributed by atoms with Crippen LogP contribution < -0.4 is 9.64 Å². The van der Waals surface area contributed by atoms with Gasteiger partial charge in [-0.1, -0.05) is 133 Å². The minimum Gasteiger partial charge on any atom is -0.457 e. The second kappa shape index (κ2) is 10.8. The molecule has 10 rings (SSSR count). The van der Waals surface area contributed by atoms with Crippen molar-refractivity contribution in [3.8, 4) is 33.8 Å². The molecule has 1 aliphatic heterocycles. The molecule has 0 N–H and O–H groups in total. The zero-order valence-corrected chi connectivity index (χ0v) is 26.8. The fraction of sp³-hybridized carbons (Fsp3) is 0.0213. The molecule has 2 heteroatoms. The summed E-state index contributed by atoms with van der Waals surface area (Å²) in [6.07, 6.45) is 0. The molecule has 49 heavy (non-hydrogen) atoms. The first-order valence-corrected chi connectivity index (χ1v) is 16.8. The van der Waals surface area contributed by atoms with Crippen LogP contribution in [0.15, 0.2) is 188 Å². The highest BCUT2D eigenvalue weighted by Gasteiger charge is 2.51. The van der Waals surface area contributed by atoms with Gasteiger partial charge in [-0.2, -0.15) is 0 Å². The van der Waals surface area contributed by atoms with E-state index in [4.69, 9.17) is 4.74 Å². The molecule has 0 saturated heterocycles. The third-order valence-corrected chi connectivity index (χ3v) is 10.3. The van der Waals surface area contributed by atoms with E-state index in [1.807, 2.05) is 0 Å². The Hall–Kier alpha value is -6.38. The summed E-state index contributed by atoms with van der Waals surface area (Å²) in [7, 11) is 0. The number of hydrogen-bond donors (Lipinski definition) is 0. The summed E-state index contributed by atoms with van der Waals surface area (Å²) in [5.41, 5.74) is 12.6. The van der Waals surface area contributed by atoms with E-state index in [0.29, 0.717) is 0 Å². The van der Waals surface area contributed by atoms with Gasteiger partial charge in [0.15, 0.2) is 0 Å². The van der Waals surface area contributed by atoms with E-state index in [-0.39, 0.29) is 0 Å². The van der Waals surface area contributed by atoms with E-state index >= 15 is 0 Å². The SMILES string of the molecule is c1ccc(-c2ccc3c(c2)C2(c4ccccc4O3)c3ccccc3-c3cc(N(c4ccccc4)c4ccc5ccccc5c4)ccc32)cc1. The minimum absolute atomic E-state index is 0.542. The number of nitrogens with zero attached hydrogens (tertiary/aromatic N) is 1. The highest BCUT2D eigenvalue weighted by Crippen LogP contribution is 2.63. The molecule has 1 heterocycles. The molecular formula is C47H31NO. The average Bonchev–Trinajstić information content (AvgIpc) is 3.46. The maximum Gasteiger partial charge on any atom is 0.132 e. The van der Waals surface area contributed by atoms with E-state index in [9.17, 15) is 0 Å². The van der Waals surface area contributed by atoms with Gasteiger partial charge < -0.3 is 9.64 Å². The zero-order chi connectivity index (χ0) is 32.4. The standard InChI is InChI=1S/C47H31NO/c1-3-13-32(14-4-1)35-24-28-46-44(30-35)47(43-21-11-12-22-45(43)49-46)41-20-10-9-19-39(41)40-31-38(26-27-42(40)47)48(36-17-5-2-6-18-36)37-25-23-33-15-7-8-16-34(33)29-37/h1-31H. The topological polar surface area (TPSA) is 12.5 Å². The molecule has 1 aliphatic carbocycles. The highest BCUT2D eigenvalue weighted by atomic mass is 16.5. The Labute approximate surface area is 286 Å². The first-order valence-electron chi connectivity index (χ1n) is 16.8. The lowest BCUT2D eigenvalue weighted by Gasteiger charge is -2.39. The number of anilines is 3. The van der Waals surface area contributed by atoms with Gasteiger partial charge in [0, 0.05) is 28.2 Å². The zero-order valence-electron chi connectivity index (χ0n) is 26.8. The minimum atomic E-state index is -0.542. The summed E-state index contributed by atoms with van der Waals surface area (Å²) >= 11 is 0. The van der Waals surface area contributed by atoms with E-state index < -0.39 is 5.41 Å². The van der Waals surface area contributed by atoms with Crippen LogP contribution in [0.3, 0.4) is 0 Å². The lowest BCUT2D eigenvalue weighted by molar-refractivity contribution is 0.436. The van der Waals surface area contributed by atoms with Gasteiger partial charge >= 0.3 is 0 Å². The molecule has 8 aromatic rings. The van der Waals surface area contributed by atoms with Gasteiger partial charge in [0.2, 0.25) is 0 Å². The Kier molecular flexibility index (Phi) is 6.13. The molecule has 8 aromatic carbocycles. The fourth-order valence-electron chi connectivity index (χ4n) is 8.18. The lowest BCUT2D eigenvalue weighted by atomic mass is 9.65. The van der Waals surface area contributed by atoms with Crippen LogP contribution in [0.5, 0.6) is 11.5 Å². The molecule has 2 aliphatic rings. The average molecular weight is 626 g/mol. The molecule has 0 aromatic heterocycles. The number of benzene rings is 8. The number of rotatable bonds is 4. The maximum absolute atomic E-state index is 6.69. The smallest absolute Gasteiger partial charge is 0.132 e. The van der Waals surface area contributed by atoms with Crippen molar-refractivity contribution >= 4 is 27.8 Å². The van der Waals surface area contributed by atoms with E-state index in [1.165, 1.54) is 55.3 Å². The number of fused-ring (bicyclic) bond motifs is 10. The van der Waals surface area contributed by atoms with Crippen LogP contribution in [0.25, 0.3) is 33.0 Å². The van der Waals surface area contributed by atoms with Gasteiger partial charge in [0.1, 0.15) is 11.5 Å². The van der Waals surface area contributed by atoms with Gasteiger partial charge in [-0.3, -0.25) is 0 Å². The third kappa shape index (κ3) is 4.14. The van der Waals surface area contributed by atoms with Gasteiger partial charge in [0.25, 0.3) is 0 Å². The van der Waals surface area contributed by atoms with Gasteiger partial charge in [-0.25, -0.2) is 0 Å². The molecule has 1 spiro atoms. The maximum atomic E-state index is 6.69. The Morgan fingerprint density at radius 2 is 0.980 bits per heavy atom. The number of para-hydroxylation sites is 2. The van der Waals surface area contributed by atoms with Crippen molar-refractivity contribution in [1.29, 1.82) is 0 Å². The van der Waals surface area contributed by atoms with Gasteiger partial charge in [0.05, 0.1) is 5.41 Å². The molecule has 0 saturated carbocycles. The van der Waals surface area contributed by atoms with Crippen LogP contribution in [-0.4, -0.2) is 0 Å². The largest absolute Gasteiger partial charge is 0.457 e. The number of ether oxygens (including phenoxy) is 1. The molecule has 2 nitrogen and oxygen atoms in total. The Morgan fingerprint density at radius 3 is 1.84 bits per heavy atom. The van der Waals surface area contributed by atoms with Crippen LogP contribution in [0, 0.1) is 0 Å². The summed E-state index contributed by atoms with van der Waals surface area (Å²) in [5.74, 6) is 1.79. The van der Waals surface area contributed by atoms with Crippen LogP contribution in [-0.2, 0) is 5.41 Å².